The van der Waals surface area contributed by atoms with Crippen LogP contribution < -0.4 is 0 Å². The molecule has 98 valence electrons. The van der Waals surface area contributed by atoms with Crippen LogP contribution in [0.5, 0.6) is 0 Å². The maximum absolute atomic E-state index is 11.5. The third-order valence-corrected chi connectivity index (χ3v) is 3.66. The van der Waals surface area contributed by atoms with E-state index in [1.54, 1.807) is 4.90 Å². The first kappa shape index (κ1) is 15.4. The van der Waals surface area contributed by atoms with E-state index in [0.29, 0.717) is 13.1 Å². The maximum Gasteiger partial charge on any atom is 0.370 e. The molecule has 0 radical (unpaired) electrons. The molecular weight excluding hydrogens is 446 g/mol. The highest BCUT2D eigenvalue weighted by Gasteiger charge is 2.36. The fourth-order valence-corrected chi connectivity index (χ4v) is 2.71. The average Bonchev–Trinajstić information content (AvgIpc) is 2.15. The van der Waals surface area contributed by atoms with Gasteiger partial charge in [0.15, 0.2) is 0 Å². The molecule has 1 heterocycles. The molecule has 1 aliphatic rings. The van der Waals surface area contributed by atoms with Crippen LogP contribution in [0.1, 0.15) is 13.8 Å². The third kappa shape index (κ3) is 4.18. The Morgan fingerprint density at radius 2 is 1.76 bits per heavy atom. The topological polar surface area (TPSA) is 71.3 Å². The van der Waals surface area contributed by atoms with Gasteiger partial charge in [0, 0.05) is 13.1 Å². The number of hydrogen-bond acceptors (Lipinski definition) is 4. The minimum atomic E-state index is -3.91. The second kappa shape index (κ2) is 5.54. The highest BCUT2D eigenvalue weighted by atomic mass is 80.0. The van der Waals surface area contributed by atoms with Crippen molar-refractivity contribution in [2.75, 3.05) is 13.1 Å². The standard InChI is InChI=1S/C7H10Br3N3O3S/c1-3-13(4-2)6-12-17(14,15)11-5(16-6)7(8,9)10/h3-4H2,1-2H3. The highest BCUT2D eigenvalue weighted by molar-refractivity contribution is 9.40. The number of alkyl halides is 3. The fourth-order valence-electron chi connectivity index (χ4n) is 1.07. The van der Waals surface area contributed by atoms with Crippen LogP contribution in [-0.4, -0.2) is 40.5 Å². The molecule has 0 unspecified atom stereocenters. The van der Waals surface area contributed by atoms with Gasteiger partial charge in [-0.15, -0.1) is 4.40 Å². The summed E-state index contributed by atoms with van der Waals surface area (Å²) >= 11 is 9.46. The van der Waals surface area contributed by atoms with Gasteiger partial charge in [-0.2, -0.15) is 8.42 Å². The van der Waals surface area contributed by atoms with Crippen LogP contribution in [0.25, 0.3) is 0 Å². The SMILES string of the molecule is CCN(CC)C1=NS(=O)(=O)N=C(C(Br)(Br)Br)O1. The number of halogens is 3. The molecule has 0 saturated carbocycles. The predicted octanol–water partition coefficient (Wildman–Crippen LogP) is 2.20. The largest absolute Gasteiger partial charge is 0.406 e. The summed E-state index contributed by atoms with van der Waals surface area (Å²) in [4.78, 5) is 1.67. The van der Waals surface area contributed by atoms with Gasteiger partial charge in [0.1, 0.15) is 0 Å². The van der Waals surface area contributed by atoms with E-state index in [2.05, 4.69) is 56.6 Å². The predicted molar refractivity (Wildman–Crippen MR) is 77.3 cm³/mol. The normalized spacial score (nSPS) is 19.1. The molecule has 0 fully saturated rings. The Hall–Kier alpha value is 0.330. The van der Waals surface area contributed by atoms with Crippen molar-refractivity contribution in [3.8, 4) is 0 Å². The van der Waals surface area contributed by atoms with E-state index >= 15 is 0 Å². The van der Waals surface area contributed by atoms with Crippen LogP contribution in [0.4, 0.5) is 0 Å². The molecule has 1 aliphatic heterocycles. The smallest absolute Gasteiger partial charge is 0.370 e. The Labute approximate surface area is 125 Å². The second-order valence-electron chi connectivity index (χ2n) is 2.99. The number of ether oxygens (including phenoxy) is 1. The first-order chi connectivity index (χ1) is 7.69. The van der Waals surface area contributed by atoms with Crippen LogP contribution in [0.2, 0.25) is 0 Å². The summed E-state index contributed by atoms with van der Waals surface area (Å²) in [5, 5.41) is 0. The second-order valence-corrected chi connectivity index (χ2v) is 11.0. The van der Waals surface area contributed by atoms with Gasteiger partial charge in [-0.1, -0.05) is 4.40 Å². The van der Waals surface area contributed by atoms with Crippen molar-refractivity contribution in [3.63, 3.8) is 0 Å². The summed E-state index contributed by atoms with van der Waals surface area (Å²) < 4.78 is 34.2. The van der Waals surface area contributed by atoms with E-state index in [1.807, 2.05) is 13.8 Å². The molecule has 1 rings (SSSR count). The van der Waals surface area contributed by atoms with Crippen LogP contribution in [-0.2, 0) is 14.9 Å². The van der Waals surface area contributed by atoms with Crippen LogP contribution in [0.3, 0.4) is 0 Å². The molecule has 6 nitrogen and oxygen atoms in total. The molecule has 0 amide bonds. The van der Waals surface area contributed by atoms with Crippen molar-refractivity contribution >= 4 is 69.9 Å². The minimum absolute atomic E-state index is 0.0164. The van der Waals surface area contributed by atoms with E-state index in [4.69, 9.17) is 4.74 Å². The van der Waals surface area contributed by atoms with Crippen LogP contribution in [0.15, 0.2) is 8.80 Å². The lowest BCUT2D eigenvalue weighted by molar-refractivity contribution is 0.356. The van der Waals surface area contributed by atoms with E-state index < -0.39 is 12.4 Å². The molecule has 0 spiro atoms. The number of nitrogens with zero attached hydrogens (tertiary/aromatic N) is 3. The maximum atomic E-state index is 11.5. The first-order valence-electron chi connectivity index (χ1n) is 4.64. The number of hydrogen-bond donors (Lipinski definition) is 0. The molecule has 0 aromatic rings. The fraction of sp³-hybridized carbons (Fsp3) is 0.714. The molecule has 0 N–H and O–H groups in total. The van der Waals surface area contributed by atoms with Gasteiger partial charge in [-0.25, -0.2) is 0 Å². The lowest BCUT2D eigenvalue weighted by atomic mass is 10.5. The van der Waals surface area contributed by atoms with Crippen molar-refractivity contribution in [2.24, 2.45) is 8.80 Å². The molecule has 17 heavy (non-hydrogen) atoms. The summed E-state index contributed by atoms with van der Waals surface area (Å²) in [7, 11) is -3.91. The van der Waals surface area contributed by atoms with Crippen LogP contribution in [0, 0.1) is 0 Å². The van der Waals surface area contributed by atoms with Gasteiger partial charge in [0.05, 0.1) is 0 Å². The number of amidine groups is 1. The van der Waals surface area contributed by atoms with Crippen molar-refractivity contribution in [1.82, 2.24) is 4.90 Å². The zero-order valence-corrected chi connectivity index (χ0v) is 14.6. The Morgan fingerprint density at radius 3 is 2.18 bits per heavy atom. The van der Waals surface area contributed by atoms with E-state index in [1.165, 1.54) is 0 Å². The molecule has 0 bridgehead atoms. The lowest BCUT2D eigenvalue weighted by Crippen LogP contribution is -2.39. The summed E-state index contributed by atoms with van der Waals surface area (Å²) in [5.74, 6) is -0.0746. The van der Waals surface area contributed by atoms with Crippen LogP contribution >= 0.6 is 47.8 Å². The third-order valence-electron chi connectivity index (χ3n) is 1.86. The Kier molecular flexibility index (Phi) is 5.01. The molecule has 0 aromatic carbocycles. The molecule has 0 saturated heterocycles. The zero-order chi connectivity index (χ0) is 13.3. The average molecular weight is 456 g/mol. The molecule has 0 aliphatic carbocycles. The molecule has 10 heteroatoms. The Bertz CT molecular complexity index is 451. The van der Waals surface area contributed by atoms with Crippen molar-refractivity contribution in [2.45, 2.75) is 16.0 Å². The quantitative estimate of drug-likeness (QED) is 0.598. The van der Waals surface area contributed by atoms with Gasteiger partial charge in [0.2, 0.25) is 8.04 Å². The van der Waals surface area contributed by atoms with Gasteiger partial charge < -0.3 is 9.64 Å². The zero-order valence-electron chi connectivity index (χ0n) is 9.02. The monoisotopic (exact) mass is 453 g/mol. The van der Waals surface area contributed by atoms with Crippen molar-refractivity contribution in [1.29, 1.82) is 0 Å². The van der Waals surface area contributed by atoms with E-state index in [0.717, 1.165) is 0 Å². The molecule has 0 aromatic heterocycles. The number of rotatable bonds is 2. The Balaban J connectivity index is 3.12. The van der Waals surface area contributed by atoms with Gasteiger partial charge >= 0.3 is 16.2 Å². The lowest BCUT2D eigenvalue weighted by Gasteiger charge is -2.26. The summed E-state index contributed by atoms with van der Waals surface area (Å²) in [6.45, 7) is 4.91. The highest BCUT2D eigenvalue weighted by Crippen LogP contribution is 2.37. The summed E-state index contributed by atoms with van der Waals surface area (Å²) in [6, 6.07) is 0.0164. The van der Waals surface area contributed by atoms with E-state index in [9.17, 15) is 8.42 Å². The van der Waals surface area contributed by atoms with Gasteiger partial charge in [-0.05, 0) is 61.6 Å². The summed E-state index contributed by atoms with van der Waals surface area (Å²) in [6.07, 6.45) is 0. The minimum Gasteiger partial charge on any atom is -0.406 e. The van der Waals surface area contributed by atoms with Gasteiger partial charge in [-0.3, -0.25) is 0 Å². The first-order valence-corrected chi connectivity index (χ1v) is 8.42. The molecule has 0 atom stereocenters. The summed E-state index contributed by atoms with van der Waals surface area (Å²) in [5.41, 5.74) is 0. The van der Waals surface area contributed by atoms with Crippen molar-refractivity contribution < 1.29 is 13.2 Å². The van der Waals surface area contributed by atoms with E-state index in [-0.39, 0.29) is 11.9 Å². The Morgan fingerprint density at radius 1 is 1.24 bits per heavy atom. The molecular formula is C7H10Br3N3O3S. The van der Waals surface area contributed by atoms with Crippen molar-refractivity contribution in [3.05, 3.63) is 0 Å². The van der Waals surface area contributed by atoms with Gasteiger partial charge in [0.25, 0.3) is 0 Å².